The van der Waals surface area contributed by atoms with E-state index in [-0.39, 0.29) is 0 Å². The Hall–Kier alpha value is -1.45. The fourth-order valence-electron chi connectivity index (χ4n) is 0.796. The Morgan fingerprint density at radius 3 is 2.62 bits per heavy atom. The number of aromatic nitrogens is 2. The zero-order valence-electron chi connectivity index (χ0n) is 7.82. The summed E-state index contributed by atoms with van der Waals surface area (Å²) >= 11 is 0. The van der Waals surface area contributed by atoms with Crippen molar-refractivity contribution in [2.75, 3.05) is 5.32 Å². The molecule has 1 heterocycles. The van der Waals surface area contributed by atoms with Gasteiger partial charge in [-0.2, -0.15) is 0 Å². The second-order valence-corrected chi connectivity index (χ2v) is 2.91. The van der Waals surface area contributed by atoms with E-state index in [2.05, 4.69) is 29.1 Å². The Morgan fingerprint density at radius 1 is 1.54 bits per heavy atom. The van der Waals surface area contributed by atoms with Crippen LogP contribution in [0.1, 0.15) is 30.6 Å². The molecule has 1 atom stereocenters. The number of hydrogen-bond acceptors (Lipinski definition) is 4. The molecule has 0 aliphatic heterocycles. The molecule has 0 bridgehead atoms. The summed E-state index contributed by atoms with van der Waals surface area (Å²) in [6, 6.07) is 0.349. The van der Waals surface area contributed by atoms with Crippen molar-refractivity contribution in [3.8, 4) is 0 Å². The Labute approximate surface area is 77.4 Å². The smallest absolute Gasteiger partial charge is 0.222 e. The minimum absolute atomic E-state index is 0.349. The van der Waals surface area contributed by atoms with Gasteiger partial charge in [-0.1, -0.05) is 6.92 Å². The molecule has 1 aromatic heterocycles. The van der Waals surface area contributed by atoms with E-state index < -0.39 is 0 Å². The topological polar surface area (TPSA) is 54.9 Å². The number of aldehydes is 1. The molecule has 1 aromatic rings. The highest BCUT2D eigenvalue weighted by Crippen LogP contribution is 2.01. The van der Waals surface area contributed by atoms with Crippen LogP contribution in [0.2, 0.25) is 0 Å². The van der Waals surface area contributed by atoms with E-state index >= 15 is 0 Å². The normalized spacial score (nSPS) is 12.2. The predicted octanol–water partition coefficient (Wildman–Crippen LogP) is 1.50. The fraction of sp³-hybridized carbons (Fsp3) is 0.444. The van der Waals surface area contributed by atoms with E-state index in [0.717, 1.165) is 12.7 Å². The lowest BCUT2D eigenvalue weighted by molar-refractivity contribution is 0.112. The van der Waals surface area contributed by atoms with Crippen molar-refractivity contribution >= 4 is 12.2 Å². The van der Waals surface area contributed by atoms with E-state index in [0.29, 0.717) is 17.6 Å². The largest absolute Gasteiger partial charge is 0.352 e. The summed E-state index contributed by atoms with van der Waals surface area (Å²) in [6.45, 7) is 4.13. The zero-order chi connectivity index (χ0) is 9.68. The average molecular weight is 179 g/mol. The number of carbonyl (C=O) groups is 1. The zero-order valence-corrected chi connectivity index (χ0v) is 7.82. The first-order valence-electron chi connectivity index (χ1n) is 4.30. The Bertz CT molecular complexity index is 271. The Morgan fingerprint density at radius 2 is 2.15 bits per heavy atom. The predicted molar refractivity (Wildman–Crippen MR) is 50.8 cm³/mol. The van der Waals surface area contributed by atoms with Crippen LogP contribution in [0.3, 0.4) is 0 Å². The first kappa shape index (κ1) is 9.64. The van der Waals surface area contributed by atoms with Crippen molar-refractivity contribution in [2.24, 2.45) is 0 Å². The van der Waals surface area contributed by atoms with Gasteiger partial charge in [0.2, 0.25) is 5.95 Å². The number of carbonyl (C=O) groups excluding carboxylic acids is 1. The molecule has 0 saturated carbocycles. The van der Waals surface area contributed by atoms with Crippen molar-refractivity contribution < 1.29 is 4.79 Å². The van der Waals surface area contributed by atoms with Crippen molar-refractivity contribution in [1.82, 2.24) is 9.97 Å². The summed E-state index contributed by atoms with van der Waals surface area (Å²) in [5.41, 5.74) is 0.495. The van der Waals surface area contributed by atoms with E-state index in [4.69, 9.17) is 0 Å². The van der Waals surface area contributed by atoms with E-state index in [1.54, 1.807) is 0 Å². The van der Waals surface area contributed by atoms with Crippen LogP contribution < -0.4 is 5.32 Å². The monoisotopic (exact) mass is 179 g/mol. The van der Waals surface area contributed by atoms with Crippen LogP contribution in [0.4, 0.5) is 5.95 Å². The highest BCUT2D eigenvalue weighted by molar-refractivity contribution is 5.73. The average Bonchev–Trinajstić information content (AvgIpc) is 2.19. The van der Waals surface area contributed by atoms with E-state index in [1.807, 2.05) is 0 Å². The molecule has 0 amide bonds. The summed E-state index contributed by atoms with van der Waals surface area (Å²) < 4.78 is 0. The molecule has 0 aromatic carbocycles. The molecule has 0 spiro atoms. The van der Waals surface area contributed by atoms with Gasteiger partial charge in [-0.15, -0.1) is 0 Å². The molecule has 1 rings (SSSR count). The molecule has 1 unspecified atom stereocenters. The third kappa shape index (κ3) is 2.82. The Balaban J connectivity index is 2.63. The molecule has 0 aliphatic carbocycles. The molecule has 4 heteroatoms. The second kappa shape index (κ2) is 4.54. The summed E-state index contributed by atoms with van der Waals surface area (Å²) in [7, 11) is 0. The summed E-state index contributed by atoms with van der Waals surface area (Å²) in [6.07, 6.45) is 4.75. The van der Waals surface area contributed by atoms with Crippen molar-refractivity contribution in [1.29, 1.82) is 0 Å². The van der Waals surface area contributed by atoms with Gasteiger partial charge in [-0.05, 0) is 13.3 Å². The molecule has 1 N–H and O–H groups in total. The molecular weight excluding hydrogens is 166 g/mol. The van der Waals surface area contributed by atoms with Crippen molar-refractivity contribution in [3.63, 3.8) is 0 Å². The van der Waals surface area contributed by atoms with Gasteiger partial charge < -0.3 is 5.32 Å². The molecular formula is C9H13N3O. The van der Waals surface area contributed by atoms with Crippen LogP contribution in [0, 0.1) is 0 Å². The summed E-state index contributed by atoms with van der Waals surface area (Å²) in [4.78, 5) is 18.3. The maximum Gasteiger partial charge on any atom is 0.222 e. The molecule has 0 saturated heterocycles. The first-order valence-corrected chi connectivity index (χ1v) is 4.30. The number of hydrogen-bond donors (Lipinski definition) is 1. The third-order valence-electron chi connectivity index (χ3n) is 1.80. The van der Waals surface area contributed by atoms with Crippen LogP contribution in [0.15, 0.2) is 12.4 Å². The van der Waals surface area contributed by atoms with E-state index in [9.17, 15) is 4.79 Å². The van der Waals surface area contributed by atoms with Gasteiger partial charge in [0.15, 0.2) is 6.29 Å². The summed E-state index contributed by atoms with van der Waals surface area (Å²) in [5, 5.41) is 3.10. The van der Waals surface area contributed by atoms with Crippen LogP contribution >= 0.6 is 0 Å². The van der Waals surface area contributed by atoms with Gasteiger partial charge in [0.25, 0.3) is 0 Å². The summed E-state index contributed by atoms with van der Waals surface area (Å²) in [5.74, 6) is 0.569. The standard InChI is InChI=1S/C9H13N3O/c1-3-7(2)12-9-10-4-8(6-13)5-11-9/h4-7H,3H2,1-2H3,(H,10,11,12). The van der Waals surface area contributed by atoms with Crippen LogP contribution in [0.25, 0.3) is 0 Å². The maximum absolute atomic E-state index is 10.3. The molecule has 0 radical (unpaired) electrons. The van der Waals surface area contributed by atoms with Crippen molar-refractivity contribution in [2.45, 2.75) is 26.3 Å². The fourth-order valence-corrected chi connectivity index (χ4v) is 0.796. The van der Waals surface area contributed by atoms with Crippen molar-refractivity contribution in [3.05, 3.63) is 18.0 Å². The second-order valence-electron chi connectivity index (χ2n) is 2.91. The minimum Gasteiger partial charge on any atom is -0.352 e. The first-order chi connectivity index (χ1) is 6.26. The van der Waals surface area contributed by atoms with Gasteiger partial charge in [-0.25, -0.2) is 9.97 Å². The van der Waals surface area contributed by atoms with Gasteiger partial charge in [0.05, 0.1) is 5.56 Å². The van der Waals surface area contributed by atoms with E-state index in [1.165, 1.54) is 12.4 Å². The van der Waals surface area contributed by atoms with Crippen LogP contribution in [0.5, 0.6) is 0 Å². The number of anilines is 1. The maximum atomic E-state index is 10.3. The van der Waals surface area contributed by atoms with Gasteiger partial charge in [-0.3, -0.25) is 4.79 Å². The minimum atomic E-state index is 0.349. The molecule has 0 fully saturated rings. The molecule has 4 nitrogen and oxygen atoms in total. The van der Waals surface area contributed by atoms with Crippen LogP contribution in [-0.4, -0.2) is 22.3 Å². The lowest BCUT2D eigenvalue weighted by atomic mass is 10.3. The SMILES string of the molecule is CCC(C)Nc1ncc(C=O)cn1. The molecule has 70 valence electrons. The number of nitrogens with one attached hydrogen (secondary N) is 1. The lowest BCUT2D eigenvalue weighted by Gasteiger charge is -2.10. The Kier molecular flexibility index (Phi) is 3.37. The quantitative estimate of drug-likeness (QED) is 0.711. The highest BCUT2D eigenvalue weighted by Gasteiger charge is 2.00. The molecule has 0 aliphatic rings. The van der Waals surface area contributed by atoms with Crippen LogP contribution in [-0.2, 0) is 0 Å². The number of rotatable bonds is 4. The molecule has 13 heavy (non-hydrogen) atoms. The van der Waals surface area contributed by atoms with Gasteiger partial charge in [0, 0.05) is 18.4 Å². The van der Waals surface area contributed by atoms with Gasteiger partial charge >= 0.3 is 0 Å². The van der Waals surface area contributed by atoms with Gasteiger partial charge in [0.1, 0.15) is 0 Å². The lowest BCUT2D eigenvalue weighted by Crippen LogP contribution is -2.15. The third-order valence-corrected chi connectivity index (χ3v) is 1.80. The number of nitrogens with zero attached hydrogens (tertiary/aromatic N) is 2. The highest BCUT2D eigenvalue weighted by atomic mass is 16.1.